The highest BCUT2D eigenvalue weighted by Gasteiger charge is 2.33. The van der Waals surface area contributed by atoms with Crippen molar-refractivity contribution >= 4 is 66.7 Å². The van der Waals surface area contributed by atoms with E-state index in [0.717, 1.165) is 16.1 Å². The molecule has 1 N–H and O–H groups in total. The summed E-state index contributed by atoms with van der Waals surface area (Å²) in [5, 5.41) is 3.75. The zero-order valence-corrected chi connectivity index (χ0v) is 26.4. The first-order valence-electron chi connectivity index (χ1n) is 12.7. The molecule has 0 aliphatic rings. The van der Waals surface area contributed by atoms with Crippen LogP contribution in [0, 0.1) is 0 Å². The average molecular weight is 669 g/mol. The minimum atomic E-state index is -3.86. The lowest BCUT2D eigenvalue weighted by molar-refractivity contribution is -0.140. The first-order chi connectivity index (χ1) is 18.9. The van der Waals surface area contributed by atoms with Gasteiger partial charge in [0.05, 0.1) is 11.9 Å². The van der Waals surface area contributed by atoms with Crippen molar-refractivity contribution in [3.63, 3.8) is 0 Å². The van der Waals surface area contributed by atoms with E-state index in [1.54, 1.807) is 42.5 Å². The van der Waals surface area contributed by atoms with Crippen LogP contribution in [-0.4, -0.2) is 50.0 Å². The Morgan fingerprint density at radius 1 is 1.00 bits per heavy atom. The van der Waals surface area contributed by atoms with Crippen LogP contribution in [0.2, 0.25) is 10.0 Å². The van der Waals surface area contributed by atoms with Crippen LogP contribution in [-0.2, 0) is 32.6 Å². The number of hydrogen-bond acceptors (Lipinski definition) is 4. The molecule has 0 aliphatic carbocycles. The maximum Gasteiger partial charge on any atom is 0.244 e. The van der Waals surface area contributed by atoms with Gasteiger partial charge in [0.2, 0.25) is 21.8 Å². The molecule has 3 rings (SSSR count). The molecule has 0 spiro atoms. The quantitative estimate of drug-likeness (QED) is 0.254. The van der Waals surface area contributed by atoms with E-state index in [1.165, 1.54) is 4.90 Å². The number of nitrogens with zero attached hydrogens (tertiary/aromatic N) is 2. The average Bonchev–Trinajstić information content (AvgIpc) is 2.90. The number of rotatable bonds is 12. The highest BCUT2D eigenvalue weighted by Crippen LogP contribution is 2.26. The summed E-state index contributed by atoms with van der Waals surface area (Å²) >= 11 is 16.0. The molecule has 0 saturated carbocycles. The molecule has 0 saturated heterocycles. The van der Waals surface area contributed by atoms with E-state index in [1.807, 2.05) is 44.2 Å². The number of carbonyl (C=O) groups excluding carboxylic acids is 2. The summed E-state index contributed by atoms with van der Waals surface area (Å²) in [5.74, 6) is -0.901. The molecular formula is C29H32BrCl2N3O4S. The van der Waals surface area contributed by atoms with E-state index in [9.17, 15) is 18.0 Å². The second kappa shape index (κ2) is 14.3. The Balaban J connectivity index is 2.09. The monoisotopic (exact) mass is 667 g/mol. The Morgan fingerprint density at radius 2 is 1.70 bits per heavy atom. The molecule has 2 amide bonds. The van der Waals surface area contributed by atoms with E-state index in [0.29, 0.717) is 32.2 Å². The fourth-order valence-corrected chi connectivity index (χ4v) is 5.77. The van der Waals surface area contributed by atoms with Crippen LogP contribution in [0.15, 0.2) is 77.3 Å². The van der Waals surface area contributed by atoms with Gasteiger partial charge in [0.15, 0.2) is 0 Å². The topological polar surface area (TPSA) is 86.8 Å². The molecule has 3 aromatic rings. The van der Waals surface area contributed by atoms with Crippen molar-refractivity contribution in [3.8, 4) is 0 Å². The Hall–Kier alpha value is -2.59. The first-order valence-corrected chi connectivity index (χ1v) is 16.1. The van der Waals surface area contributed by atoms with Crippen molar-refractivity contribution in [2.24, 2.45) is 0 Å². The third kappa shape index (κ3) is 8.96. The number of amides is 2. The van der Waals surface area contributed by atoms with Crippen molar-refractivity contribution in [2.45, 2.75) is 45.3 Å². The molecule has 11 heteroatoms. The van der Waals surface area contributed by atoms with Gasteiger partial charge in [0.25, 0.3) is 0 Å². The lowest BCUT2D eigenvalue weighted by atomic mass is 10.0. The zero-order valence-electron chi connectivity index (χ0n) is 22.5. The van der Waals surface area contributed by atoms with Gasteiger partial charge in [-0.15, -0.1) is 0 Å². The number of anilines is 1. The molecule has 0 unspecified atom stereocenters. The number of sulfonamides is 1. The summed E-state index contributed by atoms with van der Waals surface area (Å²) in [7, 11) is -3.86. The summed E-state index contributed by atoms with van der Waals surface area (Å²) in [4.78, 5) is 29.2. The van der Waals surface area contributed by atoms with Crippen LogP contribution in [0.4, 0.5) is 5.69 Å². The van der Waals surface area contributed by atoms with Gasteiger partial charge in [-0.05, 0) is 54.8 Å². The first kappa shape index (κ1) is 31.9. The van der Waals surface area contributed by atoms with Crippen LogP contribution in [0.1, 0.15) is 31.4 Å². The van der Waals surface area contributed by atoms with E-state index >= 15 is 0 Å². The molecule has 0 radical (unpaired) electrons. The maximum absolute atomic E-state index is 14.1. The molecule has 0 heterocycles. The minimum Gasteiger partial charge on any atom is -0.352 e. The van der Waals surface area contributed by atoms with E-state index in [-0.39, 0.29) is 24.9 Å². The summed E-state index contributed by atoms with van der Waals surface area (Å²) < 4.78 is 27.4. The molecule has 0 fully saturated rings. The standard InChI is InChI=1S/C29H32BrCl2N3O4S/c1-4-20(2)33-29(37)27(15-21-9-6-5-7-10-21)34(18-22-13-14-24(31)17-26(22)32)28(36)19-35(40(3,38)39)25-12-8-11-23(30)16-25/h5-14,16-17,20,27H,4,15,18-19H2,1-3H3,(H,33,37)/t20-,27-/m0/s1. The molecule has 7 nitrogen and oxygen atoms in total. The Morgan fingerprint density at radius 3 is 2.30 bits per heavy atom. The van der Waals surface area contributed by atoms with Crippen LogP contribution < -0.4 is 9.62 Å². The van der Waals surface area contributed by atoms with Crippen LogP contribution >= 0.6 is 39.1 Å². The lowest BCUT2D eigenvalue weighted by Crippen LogP contribution is -2.54. The van der Waals surface area contributed by atoms with Crippen molar-refractivity contribution < 1.29 is 18.0 Å². The third-order valence-corrected chi connectivity index (χ3v) is 8.62. The van der Waals surface area contributed by atoms with Gasteiger partial charge in [-0.1, -0.05) is 88.5 Å². The fourth-order valence-electron chi connectivity index (χ4n) is 4.07. The largest absolute Gasteiger partial charge is 0.352 e. The molecule has 3 aromatic carbocycles. The molecule has 214 valence electrons. The number of benzene rings is 3. The van der Waals surface area contributed by atoms with Gasteiger partial charge >= 0.3 is 0 Å². The molecule has 0 bridgehead atoms. The van der Waals surface area contributed by atoms with Gasteiger partial charge in [0, 0.05) is 33.5 Å². The Labute approximate surface area is 254 Å². The second-order valence-corrected chi connectivity index (χ2v) is 13.2. The second-order valence-electron chi connectivity index (χ2n) is 9.53. The summed E-state index contributed by atoms with van der Waals surface area (Å²) in [6, 6.07) is 19.9. The highest BCUT2D eigenvalue weighted by molar-refractivity contribution is 9.10. The predicted molar refractivity (Wildman–Crippen MR) is 165 cm³/mol. The minimum absolute atomic E-state index is 0.0314. The summed E-state index contributed by atoms with van der Waals surface area (Å²) in [6.07, 6.45) is 1.96. The number of hydrogen-bond donors (Lipinski definition) is 1. The zero-order chi connectivity index (χ0) is 29.4. The van der Waals surface area contributed by atoms with Crippen molar-refractivity contribution in [1.82, 2.24) is 10.2 Å². The highest BCUT2D eigenvalue weighted by atomic mass is 79.9. The summed E-state index contributed by atoms with van der Waals surface area (Å²) in [6.45, 7) is 3.30. The molecular weight excluding hydrogens is 637 g/mol. The van der Waals surface area contributed by atoms with Gasteiger partial charge < -0.3 is 10.2 Å². The fraction of sp³-hybridized carbons (Fsp3) is 0.310. The van der Waals surface area contributed by atoms with Gasteiger partial charge in [0.1, 0.15) is 12.6 Å². The Kier molecular flexibility index (Phi) is 11.5. The third-order valence-electron chi connectivity index (χ3n) is 6.40. The van der Waals surface area contributed by atoms with E-state index in [4.69, 9.17) is 23.2 Å². The van der Waals surface area contributed by atoms with Crippen molar-refractivity contribution in [3.05, 3.63) is 98.4 Å². The van der Waals surface area contributed by atoms with Gasteiger partial charge in [-0.25, -0.2) is 8.42 Å². The molecule has 2 atom stereocenters. The molecule has 0 aliphatic heterocycles. The predicted octanol–water partition coefficient (Wildman–Crippen LogP) is 6.08. The smallest absolute Gasteiger partial charge is 0.244 e. The number of halogens is 3. The van der Waals surface area contributed by atoms with Crippen LogP contribution in [0.3, 0.4) is 0 Å². The van der Waals surface area contributed by atoms with Crippen LogP contribution in [0.25, 0.3) is 0 Å². The SMILES string of the molecule is CC[C@H](C)NC(=O)[C@H](Cc1ccccc1)N(Cc1ccc(Cl)cc1Cl)C(=O)CN(c1cccc(Br)c1)S(C)(=O)=O. The maximum atomic E-state index is 14.1. The number of nitrogens with one attached hydrogen (secondary N) is 1. The van der Waals surface area contributed by atoms with E-state index in [2.05, 4.69) is 21.2 Å². The normalized spacial score (nSPS) is 12.8. The lowest BCUT2D eigenvalue weighted by Gasteiger charge is -2.34. The molecule has 0 aromatic heterocycles. The van der Waals surface area contributed by atoms with E-state index < -0.39 is 28.5 Å². The van der Waals surface area contributed by atoms with Crippen LogP contribution in [0.5, 0.6) is 0 Å². The number of carbonyl (C=O) groups is 2. The Bertz CT molecular complexity index is 1440. The summed E-state index contributed by atoms with van der Waals surface area (Å²) in [5.41, 5.74) is 1.74. The van der Waals surface area contributed by atoms with Gasteiger partial charge in [-0.2, -0.15) is 0 Å². The van der Waals surface area contributed by atoms with Crippen molar-refractivity contribution in [2.75, 3.05) is 17.1 Å². The molecule has 40 heavy (non-hydrogen) atoms. The van der Waals surface area contributed by atoms with Crippen molar-refractivity contribution in [1.29, 1.82) is 0 Å². The van der Waals surface area contributed by atoms with Gasteiger partial charge in [-0.3, -0.25) is 13.9 Å².